The Morgan fingerprint density at radius 3 is 2.44 bits per heavy atom. The van der Waals surface area contributed by atoms with Crippen molar-refractivity contribution < 1.29 is 4.79 Å². The Kier molecular flexibility index (Phi) is 5.12. The quantitative estimate of drug-likeness (QED) is 0.751. The van der Waals surface area contributed by atoms with Gasteiger partial charge in [-0.3, -0.25) is 9.59 Å². The van der Waals surface area contributed by atoms with Gasteiger partial charge in [0.1, 0.15) is 6.54 Å². The average molecular weight is 367 g/mol. The number of nitrogens with one attached hydrogen (secondary N) is 1. The lowest BCUT2D eigenvalue weighted by molar-refractivity contribution is -0.122. The van der Waals surface area contributed by atoms with Crippen molar-refractivity contribution in [2.24, 2.45) is 0 Å². The lowest BCUT2D eigenvalue weighted by Gasteiger charge is -2.12. The summed E-state index contributed by atoms with van der Waals surface area (Å²) in [6, 6.07) is 8.00. The van der Waals surface area contributed by atoms with Gasteiger partial charge in [-0.2, -0.15) is 10.2 Å². The molecule has 1 amide bonds. The van der Waals surface area contributed by atoms with Crippen LogP contribution < -0.4 is 10.9 Å². The minimum Gasteiger partial charge on any atom is -0.352 e. The van der Waals surface area contributed by atoms with Gasteiger partial charge >= 0.3 is 0 Å². The molecule has 0 aliphatic rings. The highest BCUT2D eigenvalue weighted by atomic mass is 16.2. The highest BCUT2D eigenvalue weighted by Crippen LogP contribution is 2.21. The second-order valence-corrected chi connectivity index (χ2v) is 6.98. The van der Waals surface area contributed by atoms with Crippen LogP contribution in [0, 0.1) is 20.8 Å². The highest BCUT2D eigenvalue weighted by molar-refractivity contribution is 5.83. The number of nitrogens with zero attached hydrogens (tertiary/aromatic N) is 4. The van der Waals surface area contributed by atoms with E-state index in [4.69, 9.17) is 0 Å². The van der Waals surface area contributed by atoms with Crippen LogP contribution in [0.25, 0.3) is 16.6 Å². The van der Waals surface area contributed by atoms with Gasteiger partial charge in [-0.15, -0.1) is 0 Å². The van der Waals surface area contributed by atoms with Crippen LogP contribution in [0.2, 0.25) is 0 Å². The van der Waals surface area contributed by atoms with E-state index in [1.54, 1.807) is 4.68 Å². The average Bonchev–Trinajstić information content (AvgIpc) is 2.98. The highest BCUT2D eigenvalue weighted by Gasteiger charge is 2.18. The lowest BCUT2D eigenvalue weighted by atomic mass is 10.2. The summed E-state index contributed by atoms with van der Waals surface area (Å²) in [6.45, 7) is 9.58. The van der Waals surface area contributed by atoms with E-state index in [-0.39, 0.29) is 24.1 Å². The number of amides is 1. The molecule has 1 N–H and O–H groups in total. The van der Waals surface area contributed by atoms with Gasteiger partial charge in [0.2, 0.25) is 5.91 Å². The summed E-state index contributed by atoms with van der Waals surface area (Å²) in [5.41, 5.74) is 3.54. The topological polar surface area (TPSA) is 81.8 Å². The van der Waals surface area contributed by atoms with Crippen LogP contribution in [0.3, 0.4) is 0 Å². The molecule has 3 aromatic rings. The zero-order chi connectivity index (χ0) is 19.7. The Morgan fingerprint density at radius 2 is 1.81 bits per heavy atom. The number of fused-ring (bicyclic) bond motifs is 1. The number of aromatic nitrogens is 4. The molecule has 7 nitrogen and oxygen atoms in total. The van der Waals surface area contributed by atoms with Crippen LogP contribution in [0.1, 0.15) is 37.2 Å². The molecule has 1 unspecified atom stereocenters. The predicted octanol–water partition coefficient (Wildman–Crippen LogP) is 2.42. The summed E-state index contributed by atoms with van der Waals surface area (Å²) in [5, 5.41) is 12.5. The first-order chi connectivity index (χ1) is 12.8. The van der Waals surface area contributed by atoms with E-state index in [9.17, 15) is 9.59 Å². The van der Waals surface area contributed by atoms with E-state index in [0.29, 0.717) is 11.2 Å². The molecule has 0 radical (unpaired) electrons. The van der Waals surface area contributed by atoms with Gasteiger partial charge in [0.05, 0.1) is 22.5 Å². The maximum absolute atomic E-state index is 12.9. The molecule has 2 heterocycles. The maximum atomic E-state index is 12.9. The van der Waals surface area contributed by atoms with Crippen LogP contribution in [-0.4, -0.2) is 31.5 Å². The fourth-order valence-electron chi connectivity index (χ4n) is 3.09. The third-order valence-electron chi connectivity index (χ3n) is 4.78. The Hall–Kier alpha value is -2.96. The first kappa shape index (κ1) is 18.8. The van der Waals surface area contributed by atoms with Crippen LogP contribution in [0.15, 0.2) is 29.1 Å². The Bertz CT molecular complexity index is 1050. The van der Waals surface area contributed by atoms with Crippen LogP contribution in [-0.2, 0) is 11.3 Å². The van der Waals surface area contributed by atoms with Gasteiger partial charge in [-0.25, -0.2) is 9.36 Å². The van der Waals surface area contributed by atoms with Gasteiger partial charge in [0, 0.05) is 6.04 Å². The SMILES string of the molecule is CCC(C)NC(=O)Cn1nc(C)c2c(C)n(-c3ccc(C)cc3)nc2c1=O. The van der Waals surface area contributed by atoms with Crippen molar-refractivity contribution in [2.45, 2.75) is 53.6 Å². The van der Waals surface area contributed by atoms with Crippen molar-refractivity contribution in [3.8, 4) is 5.69 Å². The first-order valence-corrected chi connectivity index (χ1v) is 9.15. The summed E-state index contributed by atoms with van der Waals surface area (Å²) in [6.07, 6.45) is 0.826. The van der Waals surface area contributed by atoms with Crippen molar-refractivity contribution in [2.75, 3.05) is 0 Å². The zero-order valence-electron chi connectivity index (χ0n) is 16.4. The molecular formula is C20H25N5O2. The second kappa shape index (κ2) is 7.34. The van der Waals surface area contributed by atoms with Gasteiger partial charge in [-0.1, -0.05) is 24.6 Å². The molecule has 7 heteroatoms. The van der Waals surface area contributed by atoms with Gasteiger partial charge in [0.25, 0.3) is 5.56 Å². The molecule has 0 spiro atoms. The smallest absolute Gasteiger partial charge is 0.295 e. The third-order valence-corrected chi connectivity index (χ3v) is 4.78. The molecule has 0 saturated carbocycles. The summed E-state index contributed by atoms with van der Waals surface area (Å²) in [7, 11) is 0. The molecule has 0 fully saturated rings. The Balaban J connectivity index is 2.05. The van der Waals surface area contributed by atoms with Crippen molar-refractivity contribution >= 4 is 16.8 Å². The summed E-state index contributed by atoms with van der Waals surface area (Å²) in [5.74, 6) is -0.229. The molecule has 2 aromatic heterocycles. The van der Waals surface area contributed by atoms with E-state index in [2.05, 4.69) is 15.5 Å². The van der Waals surface area contributed by atoms with E-state index >= 15 is 0 Å². The zero-order valence-corrected chi connectivity index (χ0v) is 16.4. The van der Waals surface area contributed by atoms with E-state index < -0.39 is 0 Å². The van der Waals surface area contributed by atoms with Crippen molar-refractivity contribution in [3.63, 3.8) is 0 Å². The monoisotopic (exact) mass is 367 g/mol. The molecule has 0 saturated heterocycles. The Labute approximate surface area is 158 Å². The van der Waals surface area contributed by atoms with Crippen molar-refractivity contribution in [3.05, 3.63) is 51.6 Å². The minimum absolute atomic E-state index is 0.0565. The van der Waals surface area contributed by atoms with Crippen molar-refractivity contribution in [1.29, 1.82) is 0 Å². The second-order valence-electron chi connectivity index (χ2n) is 6.98. The summed E-state index contributed by atoms with van der Waals surface area (Å²) >= 11 is 0. The number of carbonyl (C=O) groups is 1. The molecule has 1 atom stereocenters. The number of hydrogen-bond acceptors (Lipinski definition) is 4. The van der Waals surface area contributed by atoms with E-state index in [1.807, 2.05) is 58.9 Å². The fraction of sp³-hybridized carbons (Fsp3) is 0.400. The molecule has 27 heavy (non-hydrogen) atoms. The van der Waals surface area contributed by atoms with Crippen LogP contribution in [0.5, 0.6) is 0 Å². The van der Waals surface area contributed by atoms with Crippen LogP contribution in [0.4, 0.5) is 0 Å². The lowest BCUT2D eigenvalue weighted by Crippen LogP contribution is -2.38. The van der Waals surface area contributed by atoms with Crippen molar-refractivity contribution in [1.82, 2.24) is 24.9 Å². The van der Waals surface area contributed by atoms with E-state index in [1.165, 1.54) is 4.68 Å². The molecule has 0 aliphatic heterocycles. The van der Waals surface area contributed by atoms with Crippen LogP contribution >= 0.6 is 0 Å². The number of aryl methyl sites for hydroxylation is 3. The minimum atomic E-state index is -0.358. The predicted molar refractivity (Wildman–Crippen MR) is 105 cm³/mol. The fourth-order valence-corrected chi connectivity index (χ4v) is 3.09. The molecule has 0 aliphatic carbocycles. The molecule has 142 valence electrons. The third kappa shape index (κ3) is 3.63. The molecular weight excluding hydrogens is 342 g/mol. The molecule has 0 bridgehead atoms. The number of carbonyl (C=O) groups excluding carboxylic acids is 1. The number of rotatable bonds is 5. The van der Waals surface area contributed by atoms with Gasteiger partial charge in [0.15, 0.2) is 5.52 Å². The summed E-state index contributed by atoms with van der Waals surface area (Å²) < 4.78 is 2.95. The largest absolute Gasteiger partial charge is 0.352 e. The maximum Gasteiger partial charge on any atom is 0.295 e. The molecule has 3 rings (SSSR count). The Morgan fingerprint density at radius 1 is 1.15 bits per heavy atom. The summed E-state index contributed by atoms with van der Waals surface area (Å²) in [4.78, 5) is 25.0. The van der Waals surface area contributed by atoms with E-state index in [0.717, 1.165) is 28.8 Å². The normalized spacial score (nSPS) is 12.3. The number of benzene rings is 1. The van der Waals surface area contributed by atoms with Gasteiger partial charge in [-0.05, 0) is 46.2 Å². The van der Waals surface area contributed by atoms with Gasteiger partial charge < -0.3 is 5.32 Å². The standard InChI is InChI=1S/C20H25N5O2/c1-6-13(3)21-17(26)11-24-20(27)19-18(14(4)22-24)15(5)25(23-19)16-9-7-12(2)8-10-16/h7-10,13H,6,11H2,1-5H3,(H,21,26). The first-order valence-electron chi connectivity index (χ1n) is 9.15. The molecule has 1 aromatic carbocycles. The number of hydrogen-bond donors (Lipinski definition) is 1.